The highest BCUT2D eigenvalue weighted by molar-refractivity contribution is 6.32. The summed E-state index contributed by atoms with van der Waals surface area (Å²) in [6.07, 6.45) is -4.24. The third-order valence-corrected chi connectivity index (χ3v) is 3.35. The number of hydrogen-bond acceptors (Lipinski definition) is 3. The lowest BCUT2D eigenvalue weighted by Crippen LogP contribution is -2.27. The largest absolute Gasteiger partial charge is 0.492 e. The first-order valence-electron chi connectivity index (χ1n) is 6.45. The van der Waals surface area contributed by atoms with Gasteiger partial charge < -0.3 is 4.74 Å². The van der Waals surface area contributed by atoms with Crippen molar-refractivity contribution in [1.29, 1.82) is 0 Å². The van der Waals surface area contributed by atoms with Gasteiger partial charge in [0.1, 0.15) is 11.4 Å². The number of nitrogens with zero attached hydrogens (tertiary/aromatic N) is 2. The standard InChI is InChI=1S/C14H11ClF4N2O2/c1-3-23-12-5-11(10(16)4-9(12)15)21-13(22)7(2)8(6-20-21)14(17,18)19/h4-6H,3H2,1-2H3. The minimum Gasteiger partial charge on any atom is -0.492 e. The topological polar surface area (TPSA) is 44.1 Å². The lowest BCUT2D eigenvalue weighted by Gasteiger charge is -2.13. The second-order valence-corrected chi connectivity index (χ2v) is 4.97. The molecule has 2 rings (SSSR count). The molecule has 0 spiro atoms. The van der Waals surface area contributed by atoms with E-state index < -0.39 is 28.7 Å². The van der Waals surface area contributed by atoms with Crippen LogP contribution < -0.4 is 10.3 Å². The van der Waals surface area contributed by atoms with Crippen molar-refractivity contribution in [2.24, 2.45) is 0 Å². The molecular formula is C14H11ClF4N2O2. The normalized spacial score (nSPS) is 11.6. The van der Waals surface area contributed by atoms with E-state index >= 15 is 0 Å². The van der Waals surface area contributed by atoms with Gasteiger partial charge in [0.25, 0.3) is 5.56 Å². The van der Waals surface area contributed by atoms with Crippen LogP contribution in [0.25, 0.3) is 5.69 Å². The summed E-state index contributed by atoms with van der Waals surface area (Å²) in [4.78, 5) is 12.1. The molecule has 0 radical (unpaired) electrons. The first-order chi connectivity index (χ1) is 10.7. The highest BCUT2D eigenvalue weighted by Gasteiger charge is 2.34. The predicted octanol–water partition coefficient (Wildman–Crippen LogP) is 3.75. The fraction of sp³-hybridized carbons (Fsp3) is 0.286. The van der Waals surface area contributed by atoms with Gasteiger partial charge in [0, 0.05) is 11.6 Å². The van der Waals surface area contributed by atoms with E-state index in [1.54, 1.807) is 6.92 Å². The number of benzene rings is 1. The molecule has 124 valence electrons. The Morgan fingerprint density at radius 3 is 2.57 bits per heavy atom. The zero-order valence-corrected chi connectivity index (χ0v) is 12.8. The molecule has 0 atom stereocenters. The van der Waals surface area contributed by atoms with Gasteiger partial charge in [-0.05, 0) is 19.9 Å². The van der Waals surface area contributed by atoms with Crippen molar-refractivity contribution in [1.82, 2.24) is 9.78 Å². The summed E-state index contributed by atoms with van der Waals surface area (Å²) >= 11 is 5.80. The number of halogens is 5. The van der Waals surface area contributed by atoms with E-state index in [1.807, 2.05) is 0 Å². The van der Waals surface area contributed by atoms with E-state index in [9.17, 15) is 22.4 Å². The third kappa shape index (κ3) is 3.31. The summed E-state index contributed by atoms with van der Waals surface area (Å²) in [5.41, 5.74) is -3.18. The second-order valence-electron chi connectivity index (χ2n) is 4.57. The SMILES string of the molecule is CCOc1cc(-n2ncc(C(F)(F)F)c(C)c2=O)c(F)cc1Cl. The number of ether oxygens (including phenoxy) is 1. The first kappa shape index (κ1) is 17.3. The minimum absolute atomic E-state index is 0.0233. The maximum absolute atomic E-state index is 14.0. The molecule has 0 saturated carbocycles. The molecular weight excluding hydrogens is 340 g/mol. The molecule has 0 fully saturated rings. The summed E-state index contributed by atoms with van der Waals surface area (Å²) in [5, 5.41) is 3.39. The molecule has 0 bridgehead atoms. The Hall–Kier alpha value is -2.09. The van der Waals surface area contributed by atoms with Crippen molar-refractivity contribution in [2.75, 3.05) is 6.61 Å². The van der Waals surface area contributed by atoms with Crippen LogP contribution >= 0.6 is 11.6 Å². The third-order valence-electron chi connectivity index (χ3n) is 3.05. The van der Waals surface area contributed by atoms with Gasteiger partial charge in [0.15, 0.2) is 5.82 Å². The second kappa shape index (κ2) is 6.19. The molecule has 1 aromatic carbocycles. The lowest BCUT2D eigenvalue weighted by atomic mass is 10.2. The summed E-state index contributed by atoms with van der Waals surface area (Å²) in [6, 6.07) is 2.02. The number of hydrogen-bond donors (Lipinski definition) is 0. The number of alkyl halides is 3. The molecule has 0 saturated heterocycles. The van der Waals surface area contributed by atoms with Crippen molar-refractivity contribution in [3.05, 3.63) is 50.7 Å². The Balaban J connectivity index is 2.66. The molecule has 0 aliphatic rings. The van der Waals surface area contributed by atoms with E-state index in [-0.39, 0.29) is 23.1 Å². The molecule has 0 unspecified atom stereocenters. The predicted molar refractivity (Wildman–Crippen MR) is 75.7 cm³/mol. The van der Waals surface area contributed by atoms with E-state index in [1.165, 1.54) is 0 Å². The maximum Gasteiger partial charge on any atom is 0.418 e. The van der Waals surface area contributed by atoms with Gasteiger partial charge in [-0.25, -0.2) is 4.39 Å². The molecule has 0 aliphatic heterocycles. The van der Waals surface area contributed by atoms with Crippen molar-refractivity contribution in [3.8, 4) is 11.4 Å². The molecule has 2 aromatic rings. The Morgan fingerprint density at radius 2 is 2.00 bits per heavy atom. The molecule has 1 aromatic heterocycles. The lowest BCUT2D eigenvalue weighted by molar-refractivity contribution is -0.138. The van der Waals surface area contributed by atoms with Gasteiger partial charge in [-0.1, -0.05) is 11.6 Å². The van der Waals surface area contributed by atoms with E-state index in [4.69, 9.17) is 16.3 Å². The first-order valence-corrected chi connectivity index (χ1v) is 6.83. The maximum atomic E-state index is 14.0. The van der Waals surface area contributed by atoms with Crippen LogP contribution in [0.5, 0.6) is 5.75 Å². The van der Waals surface area contributed by atoms with Gasteiger partial charge in [-0.2, -0.15) is 23.0 Å². The van der Waals surface area contributed by atoms with Crippen LogP contribution in [0.3, 0.4) is 0 Å². The number of rotatable bonds is 3. The average Bonchev–Trinajstić information content (AvgIpc) is 2.44. The summed E-state index contributed by atoms with van der Waals surface area (Å²) in [6.45, 7) is 2.91. The fourth-order valence-corrected chi connectivity index (χ4v) is 2.15. The van der Waals surface area contributed by atoms with Crippen LogP contribution in [0.15, 0.2) is 23.1 Å². The fourth-order valence-electron chi connectivity index (χ4n) is 1.94. The molecule has 0 N–H and O–H groups in total. The van der Waals surface area contributed by atoms with Gasteiger partial charge >= 0.3 is 6.18 Å². The monoisotopic (exact) mass is 350 g/mol. The van der Waals surface area contributed by atoms with Gasteiger partial charge in [-0.3, -0.25) is 4.79 Å². The van der Waals surface area contributed by atoms with E-state index in [0.717, 1.165) is 19.1 Å². The molecule has 9 heteroatoms. The van der Waals surface area contributed by atoms with Crippen LogP contribution in [0.4, 0.5) is 17.6 Å². The van der Waals surface area contributed by atoms with Crippen LogP contribution in [0, 0.1) is 12.7 Å². The number of aromatic nitrogens is 2. The highest BCUT2D eigenvalue weighted by Crippen LogP contribution is 2.31. The molecule has 4 nitrogen and oxygen atoms in total. The molecule has 0 aliphatic carbocycles. The van der Waals surface area contributed by atoms with Crippen molar-refractivity contribution < 1.29 is 22.3 Å². The Morgan fingerprint density at radius 1 is 1.35 bits per heavy atom. The Kier molecular flexibility index (Phi) is 4.65. The van der Waals surface area contributed by atoms with Gasteiger partial charge in [0.2, 0.25) is 0 Å². The summed E-state index contributed by atoms with van der Waals surface area (Å²) in [5.74, 6) is -0.816. The zero-order chi connectivity index (χ0) is 17.4. The van der Waals surface area contributed by atoms with Crippen LogP contribution in [0.1, 0.15) is 18.1 Å². The van der Waals surface area contributed by atoms with Crippen molar-refractivity contribution in [2.45, 2.75) is 20.0 Å². The minimum atomic E-state index is -4.72. The van der Waals surface area contributed by atoms with E-state index in [0.29, 0.717) is 10.9 Å². The van der Waals surface area contributed by atoms with Crippen molar-refractivity contribution >= 4 is 11.6 Å². The van der Waals surface area contributed by atoms with Crippen molar-refractivity contribution in [3.63, 3.8) is 0 Å². The average molecular weight is 351 g/mol. The Labute approximate surface area is 133 Å². The molecule has 23 heavy (non-hydrogen) atoms. The van der Waals surface area contributed by atoms with Crippen LogP contribution in [-0.4, -0.2) is 16.4 Å². The van der Waals surface area contributed by atoms with Crippen LogP contribution in [0.2, 0.25) is 5.02 Å². The van der Waals surface area contributed by atoms with Crippen LogP contribution in [-0.2, 0) is 6.18 Å². The van der Waals surface area contributed by atoms with Gasteiger partial charge in [-0.15, -0.1) is 0 Å². The smallest absolute Gasteiger partial charge is 0.418 e. The van der Waals surface area contributed by atoms with Gasteiger partial charge in [0.05, 0.1) is 23.4 Å². The van der Waals surface area contributed by atoms with E-state index in [2.05, 4.69) is 5.10 Å². The molecule has 1 heterocycles. The zero-order valence-electron chi connectivity index (χ0n) is 12.0. The summed E-state index contributed by atoms with van der Waals surface area (Å²) < 4.78 is 58.0. The summed E-state index contributed by atoms with van der Waals surface area (Å²) in [7, 11) is 0. The molecule has 0 amide bonds. The highest BCUT2D eigenvalue weighted by atomic mass is 35.5. The Bertz CT molecular complexity index is 803. The quantitative estimate of drug-likeness (QED) is 0.792.